The summed E-state index contributed by atoms with van der Waals surface area (Å²) >= 11 is 0. The summed E-state index contributed by atoms with van der Waals surface area (Å²) in [5.74, 6) is 1.62. The fourth-order valence-electron chi connectivity index (χ4n) is 2.38. The molecule has 0 spiro atoms. The van der Waals surface area contributed by atoms with Crippen LogP contribution in [0.25, 0.3) is 22.1 Å². The second-order valence-electron chi connectivity index (χ2n) is 5.06. The predicted octanol–water partition coefficient (Wildman–Crippen LogP) is 3.79. The van der Waals surface area contributed by atoms with Crippen molar-refractivity contribution in [3.05, 3.63) is 58.4 Å². The first-order valence-corrected chi connectivity index (χ1v) is 6.89. The number of hydrogen-bond donors (Lipinski definition) is 0. The van der Waals surface area contributed by atoms with E-state index in [4.69, 9.17) is 13.9 Å². The minimum atomic E-state index is -0.394. The monoisotopic (exact) mass is 296 g/mol. The minimum absolute atomic E-state index is 0.394. The van der Waals surface area contributed by atoms with Gasteiger partial charge in [-0.25, -0.2) is 4.79 Å². The molecule has 1 heterocycles. The second kappa shape index (κ2) is 5.56. The molecule has 3 aromatic rings. The first-order chi connectivity index (χ1) is 10.6. The van der Waals surface area contributed by atoms with Gasteiger partial charge in [-0.05, 0) is 30.5 Å². The average molecular weight is 296 g/mol. The van der Waals surface area contributed by atoms with E-state index in [-0.39, 0.29) is 0 Å². The molecular formula is C18H16O4. The molecule has 0 unspecified atom stereocenters. The van der Waals surface area contributed by atoms with E-state index in [1.807, 2.05) is 37.3 Å². The molecule has 0 radical (unpaired) electrons. The van der Waals surface area contributed by atoms with Crippen LogP contribution in [0.15, 0.2) is 51.7 Å². The van der Waals surface area contributed by atoms with E-state index < -0.39 is 5.63 Å². The zero-order valence-electron chi connectivity index (χ0n) is 12.7. The van der Waals surface area contributed by atoms with E-state index in [0.29, 0.717) is 22.6 Å². The summed E-state index contributed by atoms with van der Waals surface area (Å²) in [6.45, 7) is 2.01. The van der Waals surface area contributed by atoms with Gasteiger partial charge in [0.05, 0.1) is 19.6 Å². The molecule has 0 saturated carbocycles. The summed E-state index contributed by atoms with van der Waals surface area (Å²) in [5, 5.41) is 1.22. The van der Waals surface area contributed by atoms with Crippen LogP contribution in [0.1, 0.15) is 5.56 Å². The summed E-state index contributed by atoms with van der Waals surface area (Å²) in [5.41, 5.74) is 1.62. The Morgan fingerprint density at radius 2 is 1.55 bits per heavy atom. The Kier molecular flexibility index (Phi) is 3.59. The lowest BCUT2D eigenvalue weighted by Gasteiger charge is -2.09. The van der Waals surface area contributed by atoms with Crippen LogP contribution in [0.2, 0.25) is 0 Å². The molecule has 0 fully saturated rings. The Morgan fingerprint density at radius 3 is 2.18 bits per heavy atom. The standard InChI is InChI=1S/C18H16O4/c1-11-4-6-12(7-5-11)15-8-13-9-16(20-2)17(21-3)10-14(13)18(19)22-15/h4-10H,1-3H3. The number of methoxy groups -OCH3 is 2. The van der Waals surface area contributed by atoms with Crippen LogP contribution in [0, 0.1) is 6.92 Å². The zero-order chi connectivity index (χ0) is 15.7. The van der Waals surface area contributed by atoms with E-state index in [2.05, 4.69) is 0 Å². The third-order valence-corrected chi connectivity index (χ3v) is 3.60. The van der Waals surface area contributed by atoms with Gasteiger partial charge in [0.2, 0.25) is 0 Å². The molecule has 0 aliphatic rings. The van der Waals surface area contributed by atoms with Crippen LogP contribution in [0.4, 0.5) is 0 Å². The van der Waals surface area contributed by atoms with Gasteiger partial charge in [-0.2, -0.15) is 0 Å². The number of aryl methyl sites for hydroxylation is 1. The average Bonchev–Trinajstić information content (AvgIpc) is 2.54. The molecule has 3 rings (SSSR count). The molecule has 112 valence electrons. The second-order valence-corrected chi connectivity index (χ2v) is 5.06. The lowest BCUT2D eigenvalue weighted by molar-refractivity contribution is 0.355. The summed E-state index contributed by atoms with van der Waals surface area (Å²) in [7, 11) is 3.10. The summed E-state index contributed by atoms with van der Waals surface area (Å²) in [4.78, 5) is 12.2. The van der Waals surface area contributed by atoms with Crippen molar-refractivity contribution in [3.63, 3.8) is 0 Å². The number of rotatable bonds is 3. The predicted molar refractivity (Wildman–Crippen MR) is 85.8 cm³/mol. The van der Waals surface area contributed by atoms with E-state index in [0.717, 1.165) is 16.5 Å². The molecule has 0 N–H and O–H groups in total. The van der Waals surface area contributed by atoms with Crippen LogP contribution in [0.5, 0.6) is 11.5 Å². The highest BCUT2D eigenvalue weighted by molar-refractivity contribution is 5.87. The quantitative estimate of drug-likeness (QED) is 0.738. The molecule has 22 heavy (non-hydrogen) atoms. The molecule has 0 aliphatic heterocycles. The van der Waals surface area contributed by atoms with Gasteiger partial charge >= 0.3 is 5.63 Å². The molecule has 4 nitrogen and oxygen atoms in total. The Balaban J connectivity index is 2.23. The van der Waals surface area contributed by atoms with Gasteiger partial charge < -0.3 is 13.9 Å². The Hall–Kier alpha value is -2.75. The smallest absolute Gasteiger partial charge is 0.344 e. The maximum atomic E-state index is 12.2. The summed E-state index contributed by atoms with van der Waals surface area (Å²) in [6.07, 6.45) is 0. The van der Waals surface area contributed by atoms with Crippen molar-refractivity contribution in [2.24, 2.45) is 0 Å². The van der Waals surface area contributed by atoms with Crippen molar-refractivity contribution in [1.82, 2.24) is 0 Å². The third-order valence-electron chi connectivity index (χ3n) is 3.60. The van der Waals surface area contributed by atoms with Gasteiger partial charge in [-0.3, -0.25) is 0 Å². The maximum Gasteiger partial charge on any atom is 0.344 e. The van der Waals surface area contributed by atoms with Crippen molar-refractivity contribution >= 4 is 10.8 Å². The Bertz CT molecular complexity index is 876. The largest absolute Gasteiger partial charge is 0.493 e. The minimum Gasteiger partial charge on any atom is -0.493 e. The van der Waals surface area contributed by atoms with Gasteiger partial charge in [0.15, 0.2) is 11.5 Å². The molecule has 1 aromatic heterocycles. The van der Waals surface area contributed by atoms with E-state index in [9.17, 15) is 4.79 Å². The molecule has 0 bridgehead atoms. The fraction of sp³-hybridized carbons (Fsp3) is 0.167. The number of ether oxygens (including phenoxy) is 2. The Morgan fingerprint density at radius 1 is 0.909 bits per heavy atom. The molecule has 4 heteroatoms. The normalized spacial score (nSPS) is 10.7. The van der Waals surface area contributed by atoms with Gasteiger partial charge in [-0.1, -0.05) is 29.8 Å². The zero-order valence-corrected chi connectivity index (χ0v) is 12.7. The van der Waals surface area contributed by atoms with Crippen molar-refractivity contribution < 1.29 is 13.9 Å². The van der Waals surface area contributed by atoms with Crippen molar-refractivity contribution in [2.45, 2.75) is 6.92 Å². The highest BCUT2D eigenvalue weighted by Crippen LogP contribution is 2.32. The maximum absolute atomic E-state index is 12.2. The first kappa shape index (κ1) is 14.2. The molecule has 0 aliphatic carbocycles. The highest BCUT2D eigenvalue weighted by atomic mass is 16.5. The SMILES string of the molecule is COc1cc2cc(-c3ccc(C)cc3)oc(=O)c2cc1OC. The lowest BCUT2D eigenvalue weighted by atomic mass is 10.1. The van der Waals surface area contributed by atoms with Crippen LogP contribution in [-0.2, 0) is 0 Å². The van der Waals surface area contributed by atoms with E-state index in [1.54, 1.807) is 19.2 Å². The van der Waals surface area contributed by atoms with Gasteiger partial charge in [0, 0.05) is 5.56 Å². The van der Waals surface area contributed by atoms with E-state index >= 15 is 0 Å². The Labute approximate surface area is 127 Å². The van der Waals surface area contributed by atoms with Crippen LogP contribution < -0.4 is 15.1 Å². The lowest BCUT2D eigenvalue weighted by Crippen LogP contribution is -2.02. The number of hydrogen-bond acceptors (Lipinski definition) is 4. The fourth-order valence-corrected chi connectivity index (χ4v) is 2.38. The van der Waals surface area contributed by atoms with Gasteiger partial charge in [-0.15, -0.1) is 0 Å². The summed E-state index contributed by atoms with van der Waals surface area (Å²) in [6, 6.07) is 13.1. The summed E-state index contributed by atoms with van der Waals surface area (Å²) < 4.78 is 15.9. The molecule has 0 saturated heterocycles. The highest BCUT2D eigenvalue weighted by Gasteiger charge is 2.12. The molecule has 2 aromatic carbocycles. The molecule has 0 amide bonds. The van der Waals surface area contributed by atoms with Gasteiger partial charge in [0.25, 0.3) is 0 Å². The number of benzene rings is 2. The molecule has 0 atom stereocenters. The van der Waals surface area contributed by atoms with Crippen molar-refractivity contribution in [2.75, 3.05) is 14.2 Å². The van der Waals surface area contributed by atoms with Crippen LogP contribution in [0.3, 0.4) is 0 Å². The third kappa shape index (κ3) is 2.44. The van der Waals surface area contributed by atoms with E-state index in [1.165, 1.54) is 7.11 Å². The van der Waals surface area contributed by atoms with Crippen molar-refractivity contribution in [3.8, 4) is 22.8 Å². The number of fused-ring (bicyclic) bond motifs is 1. The molecular weight excluding hydrogens is 280 g/mol. The van der Waals surface area contributed by atoms with Crippen LogP contribution in [-0.4, -0.2) is 14.2 Å². The first-order valence-electron chi connectivity index (χ1n) is 6.89. The van der Waals surface area contributed by atoms with Crippen LogP contribution >= 0.6 is 0 Å². The van der Waals surface area contributed by atoms with Gasteiger partial charge in [0.1, 0.15) is 5.76 Å². The topological polar surface area (TPSA) is 48.7 Å². The van der Waals surface area contributed by atoms with Crippen molar-refractivity contribution in [1.29, 1.82) is 0 Å².